The molecule has 0 saturated heterocycles. The lowest BCUT2D eigenvalue weighted by Crippen LogP contribution is -2.10. The molecule has 0 saturated carbocycles. The Morgan fingerprint density at radius 3 is 2.41 bits per heavy atom. The molecule has 0 bridgehead atoms. The van der Waals surface area contributed by atoms with E-state index < -0.39 is 8.03 Å². The third-order valence-electron chi connectivity index (χ3n) is 3.93. The van der Waals surface area contributed by atoms with Crippen LogP contribution < -0.4 is 9.83 Å². The first-order valence-electron chi connectivity index (χ1n) is 7.30. The first kappa shape index (κ1) is 13.4. The quantitative estimate of drug-likeness (QED) is 0.654. The van der Waals surface area contributed by atoms with Crippen molar-refractivity contribution in [2.45, 2.75) is 6.42 Å². The Bertz CT molecular complexity index is 856. The predicted octanol–water partition coefficient (Wildman–Crippen LogP) is 4.44. The number of fused-ring (bicyclic) bond motifs is 3. The minimum absolute atomic E-state index is 0.722. The molecule has 1 aliphatic rings. The molecule has 1 heterocycles. The van der Waals surface area contributed by atoms with Gasteiger partial charge in [-0.05, 0) is 41.3 Å². The Kier molecular flexibility index (Phi) is 3.32. The van der Waals surface area contributed by atoms with Gasteiger partial charge in [0.25, 0.3) is 8.03 Å². The Morgan fingerprint density at radius 2 is 1.55 bits per heavy atom. The Labute approximate surface area is 130 Å². The molecule has 1 atom stereocenters. The summed E-state index contributed by atoms with van der Waals surface area (Å²) in [6.07, 6.45) is 0.880. The highest BCUT2D eigenvalue weighted by Crippen LogP contribution is 2.42. The maximum atomic E-state index is 12.2. The van der Waals surface area contributed by atoms with Crippen LogP contribution in [0, 0.1) is 0 Å². The summed E-state index contributed by atoms with van der Waals surface area (Å²) >= 11 is 0. The van der Waals surface area contributed by atoms with Crippen LogP contribution in [0.1, 0.15) is 11.1 Å². The van der Waals surface area contributed by atoms with Gasteiger partial charge in [0, 0.05) is 5.56 Å². The van der Waals surface area contributed by atoms with Gasteiger partial charge in [0.2, 0.25) is 0 Å². The number of hydrogen-bond donors (Lipinski definition) is 0. The van der Waals surface area contributed by atoms with E-state index in [1.807, 2.05) is 36.4 Å². The molecule has 0 aliphatic carbocycles. The van der Waals surface area contributed by atoms with Gasteiger partial charge in [0.15, 0.2) is 0 Å². The lowest BCUT2D eigenvalue weighted by atomic mass is 9.98. The van der Waals surface area contributed by atoms with E-state index in [4.69, 9.17) is 4.52 Å². The van der Waals surface area contributed by atoms with Crippen LogP contribution in [0.2, 0.25) is 0 Å². The van der Waals surface area contributed by atoms with Crippen LogP contribution in [0.3, 0.4) is 0 Å². The second kappa shape index (κ2) is 5.47. The normalized spacial score (nSPS) is 15.5. The Hall–Kier alpha value is -2.31. The van der Waals surface area contributed by atoms with Gasteiger partial charge in [-0.2, -0.15) is 0 Å². The van der Waals surface area contributed by atoms with Gasteiger partial charge in [-0.3, -0.25) is 4.57 Å². The second-order valence-corrected chi connectivity index (χ2v) is 6.75. The third kappa shape index (κ3) is 2.36. The zero-order chi connectivity index (χ0) is 14.9. The van der Waals surface area contributed by atoms with Crippen molar-refractivity contribution < 1.29 is 9.09 Å². The van der Waals surface area contributed by atoms with E-state index in [1.54, 1.807) is 0 Å². The summed E-state index contributed by atoms with van der Waals surface area (Å²) in [7, 11) is -2.18. The predicted molar refractivity (Wildman–Crippen MR) is 90.4 cm³/mol. The van der Waals surface area contributed by atoms with Crippen molar-refractivity contribution in [1.82, 2.24) is 0 Å². The molecule has 1 aliphatic heterocycles. The largest absolute Gasteiger partial charge is 0.441 e. The second-order valence-electron chi connectivity index (χ2n) is 5.43. The molecule has 0 N–H and O–H groups in total. The summed E-state index contributed by atoms with van der Waals surface area (Å²) in [6, 6.07) is 24.3. The van der Waals surface area contributed by atoms with Gasteiger partial charge in [0.1, 0.15) is 5.75 Å². The van der Waals surface area contributed by atoms with E-state index in [0.29, 0.717) is 0 Å². The highest BCUT2D eigenvalue weighted by molar-refractivity contribution is 7.49. The third-order valence-corrected chi connectivity index (χ3v) is 5.22. The van der Waals surface area contributed by atoms with E-state index >= 15 is 0 Å². The summed E-state index contributed by atoms with van der Waals surface area (Å²) in [5.74, 6) is 0.722. The topological polar surface area (TPSA) is 26.3 Å². The van der Waals surface area contributed by atoms with Crippen molar-refractivity contribution in [1.29, 1.82) is 0 Å². The van der Waals surface area contributed by atoms with Gasteiger partial charge in [-0.15, -0.1) is 0 Å². The fourth-order valence-electron chi connectivity index (χ4n) is 2.87. The molecule has 3 aromatic rings. The van der Waals surface area contributed by atoms with Crippen molar-refractivity contribution in [3.05, 3.63) is 83.9 Å². The van der Waals surface area contributed by atoms with Crippen LogP contribution in [0.4, 0.5) is 0 Å². The summed E-state index contributed by atoms with van der Waals surface area (Å²) in [5.41, 5.74) is 4.57. The van der Waals surface area contributed by atoms with Crippen LogP contribution in [-0.4, -0.2) is 0 Å². The average molecular weight is 306 g/mol. The molecule has 0 amide bonds. The molecule has 0 spiro atoms. The maximum absolute atomic E-state index is 12.2. The van der Waals surface area contributed by atoms with Gasteiger partial charge >= 0.3 is 0 Å². The smallest absolute Gasteiger partial charge is 0.266 e. The highest BCUT2D eigenvalue weighted by atomic mass is 31.1. The average Bonchev–Trinajstić information content (AvgIpc) is 2.57. The standard InChI is InChI=1S/C19H15O2P/c20-22-19-9-5-4-8-16(19)17-13-15(10-11-18(17)21-22)12-14-6-2-1-3-7-14/h1-11,13,22H,12H2. The first-order valence-corrected chi connectivity index (χ1v) is 8.61. The molecule has 3 aromatic carbocycles. The molecule has 0 aromatic heterocycles. The van der Waals surface area contributed by atoms with Crippen LogP contribution >= 0.6 is 8.03 Å². The van der Waals surface area contributed by atoms with Crippen LogP contribution in [0.5, 0.6) is 5.75 Å². The van der Waals surface area contributed by atoms with E-state index in [1.165, 1.54) is 11.1 Å². The zero-order valence-corrected chi connectivity index (χ0v) is 13.0. The van der Waals surface area contributed by atoms with Crippen molar-refractivity contribution in [2.24, 2.45) is 0 Å². The molecule has 108 valence electrons. The maximum Gasteiger partial charge on any atom is 0.266 e. The SMILES string of the molecule is O=[PH]1Oc2ccc(Cc3ccccc3)cc2-c2ccccc21. The van der Waals surface area contributed by atoms with Gasteiger partial charge in [-0.25, -0.2) is 0 Å². The fourth-order valence-corrected chi connectivity index (χ4v) is 4.03. The first-order chi connectivity index (χ1) is 10.8. The van der Waals surface area contributed by atoms with Gasteiger partial charge in [-0.1, -0.05) is 54.6 Å². The molecule has 0 radical (unpaired) electrons. The highest BCUT2D eigenvalue weighted by Gasteiger charge is 2.22. The molecule has 3 heteroatoms. The molecule has 0 fully saturated rings. The van der Waals surface area contributed by atoms with Crippen molar-refractivity contribution in [3.63, 3.8) is 0 Å². The van der Waals surface area contributed by atoms with E-state index in [2.05, 4.69) is 36.4 Å². The van der Waals surface area contributed by atoms with E-state index in [-0.39, 0.29) is 0 Å². The van der Waals surface area contributed by atoms with Gasteiger partial charge < -0.3 is 4.52 Å². The van der Waals surface area contributed by atoms with Crippen molar-refractivity contribution in [3.8, 4) is 16.9 Å². The van der Waals surface area contributed by atoms with E-state index in [0.717, 1.165) is 28.6 Å². The Balaban J connectivity index is 1.78. The van der Waals surface area contributed by atoms with E-state index in [9.17, 15) is 4.57 Å². The molecule has 1 unspecified atom stereocenters. The van der Waals surface area contributed by atoms with Crippen LogP contribution in [-0.2, 0) is 11.0 Å². The monoisotopic (exact) mass is 306 g/mol. The lowest BCUT2D eigenvalue weighted by Gasteiger charge is -2.21. The molecule has 22 heavy (non-hydrogen) atoms. The zero-order valence-electron chi connectivity index (χ0n) is 12.0. The molecular formula is C19H15O2P. The lowest BCUT2D eigenvalue weighted by molar-refractivity contribution is 0.513. The van der Waals surface area contributed by atoms with Crippen molar-refractivity contribution >= 4 is 13.3 Å². The van der Waals surface area contributed by atoms with Crippen LogP contribution in [0.25, 0.3) is 11.1 Å². The Morgan fingerprint density at radius 1 is 0.773 bits per heavy atom. The summed E-state index contributed by atoms with van der Waals surface area (Å²) < 4.78 is 17.8. The number of hydrogen-bond acceptors (Lipinski definition) is 2. The number of benzene rings is 3. The summed E-state index contributed by atoms with van der Waals surface area (Å²) in [6.45, 7) is 0. The van der Waals surface area contributed by atoms with Crippen molar-refractivity contribution in [2.75, 3.05) is 0 Å². The van der Waals surface area contributed by atoms with Crippen LogP contribution in [0.15, 0.2) is 72.8 Å². The van der Waals surface area contributed by atoms with Gasteiger partial charge in [0.05, 0.1) is 5.30 Å². The molecule has 2 nitrogen and oxygen atoms in total. The number of rotatable bonds is 2. The summed E-state index contributed by atoms with van der Waals surface area (Å²) in [4.78, 5) is 0. The summed E-state index contributed by atoms with van der Waals surface area (Å²) in [5, 5.41) is 0.817. The minimum Gasteiger partial charge on any atom is -0.441 e. The molecular weight excluding hydrogens is 291 g/mol. The minimum atomic E-state index is -2.18. The fraction of sp³-hybridized carbons (Fsp3) is 0.0526. The molecule has 4 rings (SSSR count).